The van der Waals surface area contributed by atoms with E-state index >= 15 is 0 Å². The molecule has 2 fully saturated rings. The van der Waals surface area contributed by atoms with Crippen LogP contribution in [0.1, 0.15) is 16.8 Å². The van der Waals surface area contributed by atoms with Crippen molar-refractivity contribution < 1.29 is 23.5 Å². The maximum absolute atomic E-state index is 13.4. The van der Waals surface area contributed by atoms with E-state index in [1.165, 1.54) is 29.2 Å². The lowest BCUT2D eigenvalue weighted by molar-refractivity contribution is -0.122. The van der Waals surface area contributed by atoms with E-state index < -0.39 is 23.7 Å². The topological polar surface area (TPSA) is 70.2 Å². The van der Waals surface area contributed by atoms with Gasteiger partial charge in [-0.3, -0.25) is 19.3 Å². The van der Waals surface area contributed by atoms with Crippen LogP contribution < -0.4 is 4.90 Å². The van der Waals surface area contributed by atoms with Gasteiger partial charge in [0.2, 0.25) is 5.91 Å². The Morgan fingerprint density at radius 1 is 1.06 bits per heavy atom. The van der Waals surface area contributed by atoms with E-state index in [4.69, 9.17) is 16.3 Å². The van der Waals surface area contributed by atoms with Crippen LogP contribution >= 0.6 is 11.6 Å². The fourth-order valence-electron chi connectivity index (χ4n) is 3.95. The van der Waals surface area contributed by atoms with Crippen LogP contribution in [0.5, 0.6) is 0 Å². The summed E-state index contributed by atoms with van der Waals surface area (Å²) in [6.07, 6.45) is -0.114. The maximum atomic E-state index is 13.4. The molecule has 0 N–H and O–H groups in total. The molecule has 32 heavy (non-hydrogen) atoms. The zero-order valence-corrected chi connectivity index (χ0v) is 18.1. The van der Waals surface area contributed by atoms with E-state index in [-0.39, 0.29) is 24.4 Å². The second-order valence-electron chi connectivity index (χ2n) is 7.72. The van der Waals surface area contributed by atoms with Gasteiger partial charge in [-0.25, -0.2) is 9.29 Å². The van der Waals surface area contributed by atoms with Gasteiger partial charge in [0.05, 0.1) is 25.3 Å². The molecular formula is C23H23ClFN3O4. The van der Waals surface area contributed by atoms with E-state index in [1.807, 2.05) is 0 Å². The molecule has 2 heterocycles. The van der Waals surface area contributed by atoms with Crippen LogP contribution in [0.15, 0.2) is 48.5 Å². The molecule has 0 aliphatic carbocycles. The quantitative estimate of drug-likeness (QED) is 0.621. The van der Waals surface area contributed by atoms with Gasteiger partial charge in [0, 0.05) is 36.8 Å². The molecule has 9 heteroatoms. The van der Waals surface area contributed by atoms with Gasteiger partial charge < -0.3 is 9.64 Å². The summed E-state index contributed by atoms with van der Waals surface area (Å²) in [4.78, 5) is 44.0. The number of anilines is 1. The summed E-state index contributed by atoms with van der Waals surface area (Å²) < 4.78 is 18.7. The second-order valence-corrected chi connectivity index (χ2v) is 8.16. The molecular weight excluding hydrogens is 437 g/mol. The molecule has 2 aliphatic rings. The molecule has 2 aromatic rings. The average molecular weight is 460 g/mol. The average Bonchev–Trinajstić information content (AvgIpc) is 3.09. The molecule has 0 spiro atoms. The van der Waals surface area contributed by atoms with Crippen LogP contribution in [-0.4, -0.2) is 73.0 Å². The van der Waals surface area contributed by atoms with Crippen molar-refractivity contribution >= 4 is 35.0 Å². The van der Waals surface area contributed by atoms with E-state index in [9.17, 15) is 18.8 Å². The molecule has 4 rings (SSSR count). The highest BCUT2D eigenvalue weighted by atomic mass is 35.5. The summed E-state index contributed by atoms with van der Waals surface area (Å²) in [6.45, 7) is 3.47. The van der Waals surface area contributed by atoms with E-state index in [2.05, 4.69) is 4.90 Å². The zero-order chi connectivity index (χ0) is 22.7. The fraction of sp³-hybridized carbons (Fsp3) is 0.348. The number of rotatable bonds is 6. The number of hydrogen-bond donors (Lipinski definition) is 0. The lowest BCUT2D eigenvalue weighted by atomic mass is 10.1. The number of carbonyl (C=O) groups excluding carboxylic acids is 3. The third-order valence-electron chi connectivity index (χ3n) is 5.70. The SMILES string of the molecule is O=C1CC(N(CCN2CCOCC2)C(=O)c2ccc(F)cc2)C(=O)N1c1ccc(Cl)cc1. The van der Waals surface area contributed by atoms with Gasteiger partial charge >= 0.3 is 0 Å². The fourth-order valence-corrected chi connectivity index (χ4v) is 4.08. The van der Waals surface area contributed by atoms with Gasteiger partial charge in [-0.1, -0.05) is 11.6 Å². The molecule has 0 aromatic heterocycles. The number of morpholine rings is 1. The first-order chi connectivity index (χ1) is 15.4. The minimum absolute atomic E-state index is 0.114. The second kappa shape index (κ2) is 9.77. The molecule has 3 amide bonds. The first kappa shape index (κ1) is 22.4. The first-order valence-electron chi connectivity index (χ1n) is 10.4. The summed E-state index contributed by atoms with van der Waals surface area (Å²) in [5, 5.41) is 0.489. The minimum Gasteiger partial charge on any atom is -0.379 e. The Bertz CT molecular complexity index is 993. The van der Waals surface area contributed by atoms with Gasteiger partial charge in [-0.2, -0.15) is 0 Å². The van der Waals surface area contributed by atoms with Crippen molar-refractivity contribution in [1.82, 2.24) is 9.80 Å². The third kappa shape index (κ3) is 4.82. The van der Waals surface area contributed by atoms with Crippen LogP contribution in [0, 0.1) is 5.82 Å². The highest BCUT2D eigenvalue weighted by Crippen LogP contribution is 2.28. The summed E-state index contributed by atoms with van der Waals surface area (Å²) in [5.74, 6) is -1.72. The lowest BCUT2D eigenvalue weighted by Crippen LogP contribution is -2.49. The number of ether oxygens (including phenoxy) is 1. The van der Waals surface area contributed by atoms with Crippen LogP contribution in [0.2, 0.25) is 5.02 Å². The summed E-state index contributed by atoms with van der Waals surface area (Å²) >= 11 is 5.92. The third-order valence-corrected chi connectivity index (χ3v) is 5.95. The molecule has 2 aromatic carbocycles. The smallest absolute Gasteiger partial charge is 0.257 e. The number of carbonyl (C=O) groups is 3. The van der Waals surface area contributed by atoms with Gasteiger partial charge in [0.25, 0.3) is 11.8 Å². The van der Waals surface area contributed by atoms with Crippen LogP contribution in [-0.2, 0) is 14.3 Å². The van der Waals surface area contributed by atoms with Crippen LogP contribution in [0.25, 0.3) is 0 Å². The van der Waals surface area contributed by atoms with Gasteiger partial charge in [0.15, 0.2) is 0 Å². The minimum atomic E-state index is -0.934. The predicted molar refractivity (Wildman–Crippen MR) is 117 cm³/mol. The molecule has 0 saturated carbocycles. The lowest BCUT2D eigenvalue weighted by Gasteiger charge is -2.32. The Labute approximate surface area is 190 Å². The molecule has 2 saturated heterocycles. The van der Waals surface area contributed by atoms with Gasteiger partial charge in [-0.05, 0) is 48.5 Å². The molecule has 2 aliphatic heterocycles. The monoisotopic (exact) mass is 459 g/mol. The van der Waals surface area contributed by atoms with Crippen molar-refractivity contribution in [3.8, 4) is 0 Å². The van der Waals surface area contributed by atoms with E-state index in [0.29, 0.717) is 30.5 Å². The molecule has 0 radical (unpaired) electrons. The Morgan fingerprint density at radius 3 is 2.38 bits per heavy atom. The summed E-state index contributed by atoms with van der Waals surface area (Å²) in [6, 6.07) is 10.6. The Morgan fingerprint density at radius 2 is 1.72 bits per heavy atom. The van der Waals surface area contributed by atoms with E-state index in [0.717, 1.165) is 18.0 Å². The highest BCUT2D eigenvalue weighted by Gasteiger charge is 2.44. The first-order valence-corrected chi connectivity index (χ1v) is 10.8. The number of hydrogen-bond acceptors (Lipinski definition) is 5. The standard InChI is InChI=1S/C23H23ClFN3O4/c24-17-3-7-19(8-4-17)28-21(29)15-20(23(28)31)27(10-9-26-11-13-32-14-12-26)22(30)16-1-5-18(25)6-2-16/h1-8,20H,9-15H2. The largest absolute Gasteiger partial charge is 0.379 e. The van der Waals surface area contributed by atoms with Crippen molar-refractivity contribution in [3.63, 3.8) is 0 Å². The molecule has 1 atom stereocenters. The van der Waals surface area contributed by atoms with Crippen molar-refractivity contribution in [2.24, 2.45) is 0 Å². The van der Waals surface area contributed by atoms with Crippen molar-refractivity contribution in [2.75, 3.05) is 44.3 Å². The Kier molecular flexibility index (Phi) is 6.83. The van der Waals surface area contributed by atoms with Crippen LogP contribution in [0.3, 0.4) is 0 Å². The van der Waals surface area contributed by atoms with Crippen LogP contribution in [0.4, 0.5) is 10.1 Å². The Hall–Kier alpha value is -2.81. The predicted octanol–water partition coefficient (Wildman–Crippen LogP) is 2.59. The van der Waals surface area contributed by atoms with E-state index in [1.54, 1.807) is 24.3 Å². The van der Waals surface area contributed by atoms with Crippen molar-refractivity contribution in [3.05, 3.63) is 64.9 Å². The molecule has 168 valence electrons. The Balaban J connectivity index is 1.58. The number of benzene rings is 2. The number of halogens is 2. The number of nitrogens with zero attached hydrogens (tertiary/aromatic N) is 3. The zero-order valence-electron chi connectivity index (χ0n) is 17.4. The molecule has 1 unspecified atom stereocenters. The molecule has 0 bridgehead atoms. The summed E-state index contributed by atoms with van der Waals surface area (Å²) in [7, 11) is 0. The van der Waals surface area contributed by atoms with Crippen molar-refractivity contribution in [1.29, 1.82) is 0 Å². The van der Waals surface area contributed by atoms with Gasteiger partial charge in [-0.15, -0.1) is 0 Å². The normalized spacial score (nSPS) is 19.4. The number of amides is 3. The van der Waals surface area contributed by atoms with Gasteiger partial charge in [0.1, 0.15) is 11.9 Å². The number of imide groups is 1. The summed E-state index contributed by atoms with van der Waals surface area (Å²) in [5.41, 5.74) is 0.674. The maximum Gasteiger partial charge on any atom is 0.257 e. The highest BCUT2D eigenvalue weighted by molar-refractivity contribution is 6.31. The molecule has 7 nitrogen and oxygen atoms in total. The van der Waals surface area contributed by atoms with Crippen molar-refractivity contribution in [2.45, 2.75) is 12.5 Å².